The van der Waals surface area contributed by atoms with Crippen LogP contribution in [-0.4, -0.2) is 55.3 Å². The molecule has 8 nitrogen and oxygen atoms in total. The van der Waals surface area contributed by atoms with Gasteiger partial charge in [-0.3, -0.25) is 9.59 Å². The number of hydrogen-bond acceptors (Lipinski definition) is 7. The van der Waals surface area contributed by atoms with Crippen LogP contribution >= 0.6 is 0 Å². The van der Waals surface area contributed by atoms with Crippen molar-refractivity contribution in [3.8, 4) is 23.0 Å². The molecule has 1 atom stereocenters. The van der Waals surface area contributed by atoms with E-state index in [0.717, 1.165) is 11.3 Å². The first-order valence-electron chi connectivity index (χ1n) is 12.3. The molecule has 1 unspecified atom stereocenters. The number of ether oxygens (including phenoxy) is 5. The fourth-order valence-corrected chi connectivity index (χ4v) is 15.5. The van der Waals surface area contributed by atoms with E-state index in [1.54, 1.807) is 12.1 Å². The van der Waals surface area contributed by atoms with E-state index in [1.807, 2.05) is 6.92 Å². The zero-order valence-corrected chi connectivity index (χ0v) is 24.7. The second-order valence-electron chi connectivity index (χ2n) is 10.8. The van der Waals surface area contributed by atoms with E-state index in [2.05, 4.69) is 43.6 Å². The Morgan fingerprint density at radius 3 is 2.19 bits per heavy atom. The van der Waals surface area contributed by atoms with Crippen LogP contribution in [0.4, 0.5) is 5.69 Å². The molecular formula is C27H35NO7Si2. The Balaban J connectivity index is 1.59. The summed E-state index contributed by atoms with van der Waals surface area (Å²) in [5.74, 6) is 0.800. The lowest BCUT2D eigenvalue weighted by atomic mass is 10.2. The van der Waals surface area contributed by atoms with E-state index in [1.165, 1.54) is 49.9 Å². The number of ketones is 1. The zero-order chi connectivity index (χ0) is 27.1. The van der Waals surface area contributed by atoms with Gasteiger partial charge in [-0.05, 0) is 17.7 Å². The van der Waals surface area contributed by atoms with Gasteiger partial charge in [-0.2, -0.15) is 0 Å². The number of anilines is 1. The SMILES string of the molecule is COc1cc(OC)c(NC(=O)C2OC(Oc3c(C)ccc4c3[Si](C)(C)CC[Si]4(C)C)=CC2=O)c(OC)c1. The third-order valence-corrected chi connectivity index (χ3v) is 14.8. The van der Waals surface area contributed by atoms with Gasteiger partial charge in [0.15, 0.2) is 0 Å². The lowest BCUT2D eigenvalue weighted by Gasteiger charge is -2.40. The van der Waals surface area contributed by atoms with E-state index >= 15 is 0 Å². The molecule has 0 radical (unpaired) electrons. The van der Waals surface area contributed by atoms with Crippen molar-refractivity contribution in [1.29, 1.82) is 0 Å². The second kappa shape index (κ2) is 9.90. The van der Waals surface area contributed by atoms with Gasteiger partial charge in [0.05, 0.1) is 43.6 Å². The summed E-state index contributed by atoms with van der Waals surface area (Å²) in [6, 6.07) is 10.0. The van der Waals surface area contributed by atoms with Crippen molar-refractivity contribution in [3.63, 3.8) is 0 Å². The van der Waals surface area contributed by atoms with Crippen molar-refractivity contribution in [1.82, 2.24) is 0 Å². The van der Waals surface area contributed by atoms with E-state index < -0.39 is 33.9 Å². The Labute approximate surface area is 219 Å². The molecule has 0 spiro atoms. The predicted octanol–water partition coefficient (Wildman–Crippen LogP) is 3.69. The first-order valence-corrected chi connectivity index (χ1v) is 18.7. The third kappa shape index (κ3) is 4.99. The lowest BCUT2D eigenvalue weighted by Crippen LogP contribution is -2.63. The van der Waals surface area contributed by atoms with Crippen LogP contribution in [0.2, 0.25) is 38.3 Å². The molecule has 10 heteroatoms. The molecule has 0 fully saturated rings. The summed E-state index contributed by atoms with van der Waals surface area (Å²) in [7, 11) is 1.09. The number of aryl methyl sites for hydroxylation is 1. The maximum Gasteiger partial charge on any atom is 0.289 e. The molecule has 37 heavy (non-hydrogen) atoms. The molecule has 0 aliphatic carbocycles. The van der Waals surface area contributed by atoms with Crippen LogP contribution < -0.4 is 34.6 Å². The minimum absolute atomic E-state index is 0.0326. The average Bonchev–Trinajstić information content (AvgIpc) is 3.23. The van der Waals surface area contributed by atoms with Crippen molar-refractivity contribution in [3.05, 3.63) is 41.9 Å². The predicted molar refractivity (Wildman–Crippen MR) is 148 cm³/mol. The van der Waals surface area contributed by atoms with Crippen LogP contribution in [0.1, 0.15) is 5.56 Å². The Morgan fingerprint density at radius 1 is 0.973 bits per heavy atom. The summed E-state index contributed by atoms with van der Waals surface area (Å²) in [5, 5.41) is 5.45. The van der Waals surface area contributed by atoms with Gasteiger partial charge in [0, 0.05) is 12.1 Å². The monoisotopic (exact) mass is 541 g/mol. The molecule has 0 bridgehead atoms. The van der Waals surface area contributed by atoms with E-state index in [0.29, 0.717) is 17.2 Å². The van der Waals surface area contributed by atoms with Crippen LogP contribution in [0.3, 0.4) is 0 Å². The van der Waals surface area contributed by atoms with Gasteiger partial charge >= 0.3 is 0 Å². The Bertz CT molecular complexity index is 1260. The Morgan fingerprint density at radius 2 is 1.59 bits per heavy atom. The maximum absolute atomic E-state index is 13.1. The summed E-state index contributed by atoms with van der Waals surface area (Å²) in [4.78, 5) is 25.9. The Hall–Kier alpha value is -3.25. The number of fused-ring (bicyclic) bond motifs is 1. The normalized spacial score (nSPS) is 19.3. The minimum Gasteiger partial charge on any atom is -0.496 e. The molecule has 2 heterocycles. The van der Waals surface area contributed by atoms with E-state index in [-0.39, 0.29) is 11.6 Å². The summed E-state index contributed by atoms with van der Waals surface area (Å²) < 4.78 is 28.1. The summed E-state index contributed by atoms with van der Waals surface area (Å²) in [6.45, 7) is 11.5. The number of benzene rings is 2. The quantitative estimate of drug-likeness (QED) is 0.422. The fourth-order valence-electron chi connectivity index (χ4n) is 4.99. The van der Waals surface area contributed by atoms with E-state index in [4.69, 9.17) is 23.7 Å². The number of amides is 1. The number of methoxy groups -OCH3 is 3. The van der Waals surface area contributed by atoms with Crippen molar-refractivity contribution < 1.29 is 33.3 Å². The minimum atomic E-state index is -1.76. The standard InChI is InChI=1S/C27H35NO7Si2/c1-16-9-10-21-26(37(7,8)12-11-36(21,5)6)24(16)34-22-15-18(29)25(35-22)27(30)28-23-19(32-3)13-17(31-2)14-20(23)33-4/h9-10,13-15,25H,11-12H2,1-8H3,(H,28,30). The lowest BCUT2D eigenvalue weighted by molar-refractivity contribution is -0.134. The molecule has 2 aliphatic heterocycles. The molecule has 0 saturated carbocycles. The summed E-state index contributed by atoms with van der Waals surface area (Å²) in [6.07, 6.45) is -0.131. The molecule has 0 aromatic heterocycles. The van der Waals surface area contributed by atoms with E-state index in [9.17, 15) is 9.59 Å². The molecule has 2 aliphatic rings. The van der Waals surface area contributed by atoms with Crippen LogP contribution in [0.25, 0.3) is 0 Å². The highest BCUT2D eigenvalue weighted by molar-refractivity contribution is 7.03. The molecule has 1 N–H and O–H groups in total. The largest absolute Gasteiger partial charge is 0.496 e. The van der Waals surface area contributed by atoms with Gasteiger partial charge in [-0.15, -0.1) is 0 Å². The zero-order valence-electron chi connectivity index (χ0n) is 22.7. The number of rotatable bonds is 7. The molecular weight excluding hydrogens is 506 g/mol. The molecule has 198 valence electrons. The number of carbonyl (C=O) groups excluding carboxylic acids is 2. The number of nitrogens with one attached hydrogen (secondary N) is 1. The third-order valence-electron chi connectivity index (χ3n) is 7.29. The highest BCUT2D eigenvalue weighted by Crippen LogP contribution is 2.39. The van der Waals surface area contributed by atoms with Gasteiger partial charge in [0.25, 0.3) is 11.9 Å². The highest BCUT2D eigenvalue weighted by Gasteiger charge is 2.43. The maximum atomic E-state index is 13.1. The van der Waals surface area contributed by atoms with Gasteiger partial charge in [0.1, 0.15) is 28.7 Å². The first kappa shape index (κ1) is 26.8. The van der Waals surface area contributed by atoms with Crippen LogP contribution in [0.5, 0.6) is 23.0 Å². The van der Waals surface area contributed by atoms with Crippen molar-refractivity contribution in [2.24, 2.45) is 0 Å². The summed E-state index contributed by atoms with van der Waals surface area (Å²) >= 11 is 0. The number of hydrogen-bond donors (Lipinski definition) is 1. The van der Waals surface area contributed by atoms with Crippen molar-refractivity contribution in [2.75, 3.05) is 26.6 Å². The number of carbonyl (C=O) groups is 2. The second-order valence-corrected chi connectivity index (χ2v) is 20.3. The Kier molecular flexibility index (Phi) is 7.17. The van der Waals surface area contributed by atoms with Gasteiger partial charge in [-0.25, -0.2) is 0 Å². The van der Waals surface area contributed by atoms with Gasteiger partial charge in [-0.1, -0.05) is 55.6 Å². The molecule has 2 aromatic carbocycles. The van der Waals surface area contributed by atoms with Crippen molar-refractivity contribution in [2.45, 2.75) is 51.3 Å². The van der Waals surface area contributed by atoms with Crippen LogP contribution in [0.15, 0.2) is 36.3 Å². The fraction of sp³-hybridized carbons (Fsp3) is 0.407. The van der Waals surface area contributed by atoms with Gasteiger partial charge < -0.3 is 29.0 Å². The van der Waals surface area contributed by atoms with Crippen LogP contribution in [0, 0.1) is 6.92 Å². The highest BCUT2D eigenvalue weighted by atomic mass is 28.3. The van der Waals surface area contributed by atoms with Crippen molar-refractivity contribution >= 4 is 43.9 Å². The summed E-state index contributed by atoms with van der Waals surface area (Å²) in [5.41, 5.74) is 1.26. The molecule has 0 saturated heterocycles. The molecule has 2 aromatic rings. The first-order chi connectivity index (χ1) is 17.4. The topological polar surface area (TPSA) is 92.3 Å². The van der Waals surface area contributed by atoms with Crippen LogP contribution in [-0.2, 0) is 14.3 Å². The average molecular weight is 542 g/mol. The smallest absolute Gasteiger partial charge is 0.289 e. The molecule has 4 rings (SSSR count). The van der Waals surface area contributed by atoms with Gasteiger partial charge in [0.2, 0.25) is 11.9 Å². The molecule has 1 amide bonds.